The SMILES string of the molecule is CN1CCN(C2=Nc3ccc(Cl)cc3Cc3sccc32)CC1. The second-order valence-electron chi connectivity index (χ2n) is 5.93. The van der Waals surface area contributed by atoms with Crippen molar-refractivity contribution in [3.63, 3.8) is 0 Å². The van der Waals surface area contributed by atoms with E-state index in [1.165, 1.54) is 16.0 Å². The van der Waals surface area contributed by atoms with E-state index in [0.29, 0.717) is 0 Å². The van der Waals surface area contributed by atoms with Crippen LogP contribution in [0, 0.1) is 0 Å². The molecule has 0 spiro atoms. The number of fused-ring (bicyclic) bond motifs is 2. The van der Waals surface area contributed by atoms with Crippen molar-refractivity contribution in [1.29, 1.82) is 0 Å². The van der Waals surface area contributed by atoms with Crippen LogP contribution in [0.25, 0.3) is 0 Å². The molecule has 0 saturated carbocycles. The van der Waals surface area contributed by atoms with Gasteiger partial charge >= 0.3 is 0 Å². The van der Waals surface area contributed by atoms with Gasteiger partial charge in [-0.1, -0.05) is 11.6 Å². The standard InChI is InChI=1S/C17H18ClN3S/c1-20-5-7-21(8-6-20)17-14-4-9-22-16(14)11-12-10-13(18)2-3-15(12)19-17/h2-4,9-10H,5-8,11H2,1H3. The van der Waals surface area contributed by atoms with Gasteiger partial charge < -0.3 is 9.80 Å². The lowest BCUT2D eigenvalue weighted by molar-refractivity contribution is 0.216. The Bertz CT molecular complexity index is 729. The highest BCUT2D eigenvalue weighted by atomic mass is 35.5. The van der Waals surface area contributed by atoms with Crippen LogP contribution in [0.15, 0.2) is 34.6 Å². The van der Waals surface area contributed by atoms with Gasteiger partial charge in [0.15, 0.2) is 0 Å². The predicted molar refractivity (Wildman–Crippen MR) is 93.8 cm³/mol. The van der Waals surface area contributed by atoms with Gasteiger partial charge in [-0.2, -0.15) is 0 Å². The Hall–Kier alpha value is -1.36. The van der Waals surface area contributed by atoms with Crippen molar-refractivity contribution in [3.05, 3.63) is 50.7 Å². The van der Waals surface area contributed by atoms with Crippen LogP contribution in [0.3, 0.4) is 0 Å². The van der Waals surface area contributed by atoms with Crippen LogP contribution in [0.4, 0.5) is 5.69 Å². The molecule has 22 heavy (non-hydrogen) atoms. The summed E-state index contributed by atoms with van der Waals surface area (Å²) < 4.78 is 0. The summed E-state index contributed by atoms with van der Waals surface area (Å²) in [5, 5.41) is 2.96. The van der Waals surface area contributed by atoms with E-state index >= 15 is 0 Å². The zero-order valence-corrected chi connectivity index (χ0v) is 14.1. The number of hydrogen-bond donors (Lipinski definition) is 0. The normalized spacial score (nSPS) is 18.5. The molecule has 2 aliphatic heterocycles. The van der Waals surface area contributed by atoms with Crippen LogP contribution < -0.4 is 0 Å². The summed E-state index contributed by atoms with van der Waals surface area (Å²) >= 11 is 7.99. The van der Waals surface area contributed by atoms with Gasteiger partial charge in [0.05, 0.1) is 5.69 Å². The molecule has 1 fully saturated rings. The molecule has 0 amide bonds. The Kier molecular flexibility index (Phi) is 3.68. The number of nitrogens with zero attached hydrogens (tertiary/aromatic N) is 3. The number of hydrogen-bond acceptors (Lipinski definition) is 4. The predicted octanol–water partition coefficient (Wildman–Crippen LogP) is 3.63. The molecule has 1 aromatic heterocycles. The van der Waals surface area contributed by atoms with Crippen LogP contribution in [0.2, 0.25) is 5.02 Å². The highest BCUT2D eigenvalue weighted by Crippen LogP contribution is 2.34. The second kappa shape index (κ2) is 5.69. The molecule has 1 aromatic carbocycles. The Morgan fingerprint density at radius 1 is 1.14 bits per heavy atom. The number of aliphatic imine (C=N–C) groups is 1. The molecule has 0 N–H and O–H groups in total. The van der Waals surface area contributed by atoms with Gasteiger partial charge in [-0.25, -0.2) is 4.99 Å². The summed E-state index contributed by atoms with van der Waals surface area (Å²) in [5.74, 6) is 1.13. The van der Waals surface area contributed by atoms with E-state index in [-0.39, 0.29) is 0 Å². The number of benzene rings is 1. The lowest BCUT2D eigenvalue weighted by Gasteiger charge is -2.34. The fourth-order valence-corrected chi connectivity index (χ4v) is 4.18. The third-order valence-electron chi connectivity index (χ3n) is 4.41. The Morgan fingerprint density at radius 2 is 1.95 bits per heavy atom. The first-order valence-corrected chi connectivity index (χ1v) is 8.84. The van der Waals surface area contributed by atoms with Crippen LogP contribution in [-0.2, 0) is 6.42 Å². The molecule has 2 aromatic rings. The van der Waals surface area contributed by atoms with E-state index in [1.807, 2.05) is 23.5 Å². The maximum atomic E-state index is 6.17. The summed E-state index contributed by atoms with van der Waals surface area (Å²) in [6.45, 7) is 4.25. The largest absolute Gasteiger partial charge is 0.354 e. The van der Waals surface area contributed by atoms with Crippen molar-refractivity contribution in [2.75, 3.05) is 33.2 Å². The van der Waals surface area contributed by atoms with E-state index < -0.39 is 0 Å². The highest BCUT2D eigenvalue weighted by molar-refractivity contribution is 7.10. The molecule has 114 valence electrons. The molecule has 5 heteroatoms. The minimum Gasteiger partial charge on any atom is -0.354 e. The van der Waals surface area contributed by atoms with Gasteiger partial charge in [0.2, 0.25) is 0 Å². The molecule has 2 aliphatic rings. The first kappa shape index (κ1) is 14.2. The van der Waals surface area contributed by atoms with Gasteiger partial charge in [-0.15, -0.1) is 11.3 Å². The van der Waals surface area contributed by atoms with Gasteiger partial charge in [-0.05, 0) is 42.3 Å². The van der Waals surface area contributed by atoms with E-state index in [0.717, 1.165) is 49.1 Å². The maximum absolute atomic E-state index is 6.17. The van der Waals surface area contributed by atoms with Gasteiger partial charge in [0.1, 0.15) is 5.84 Å². The van der Waals surface area contributed by atoms with Crippen molar-refractivity contribution < 1.29 is 0 Å². The molecule has 0 unspecified atom stereocenters. The van der Waals surface area contributed by atoms with Crippen LogP contribution >= 0.6 is 22.9 Å². The summed E-state index contributed by atoms with van der Waals surface area (Å²) in [5.41, 5.74) is 3.57. The molecule has 4 rings (SSSR count). The Labute approximate surface area is 139 Å². The van der Waals surface area contributed by atoms with Crippen molar-refractivity contribution >= 4 is 34.5 Å². The molecule has 3 heterocycles. The second-order valence-corrected chi connectivity index (χ2v) is 7.37. The molecular weight excluding hydrogens is 314 g/mol. The van der Waals surface area contributed by atoms with Gasteiger partial charge in [0, 0.05) is 48.1 Å². The number of amidine groups is 1. The van der Waals surface area contributed by atoms with E-state index in [1.54, 1.807) is 0 Å². The lowest BCUT2D eigenvalue weighted by atomic mass is 10.1. The van der Waals surface area contributed by atoms with E-state index in [2.05, 4.69) is 34.4 Å². The van der Waals surface area contributed by atoms with E-state index in [9.17, 15) is 0 Å². The summed E-state index contributed by atoms with van der Waals surface area (Å²) in [6, 6.07) is 8.25. The minimum absolute atomic E-state index is 0.787. The average Bonchev–Trinajstić information content (AvgIpc) is 2.90. The summed E-state index contributed by atoms with van der Waals surface area (Å²) in [7, 11) is 2.18. The average molecular weight is 332 g/mol. The Balaban J connectivity index is 1.79. The molecule has 0 aliphatic carbocycles. The molecule has 0 bridgehead atoms. The van der Waals surface area contributed by atoms with Crippen molar-refractivity contribution in [2.24, 2.45) is 4.99 Å². The van der Waals surface area contributed by atoms with Crippen molar-refractivity contribution in [1.82, 2.24) is 9.80 Å². The number of likely N-dealkylation sites (N-methyl/N-ethyl adjacent to an activating group) is 1. The smallest absolute Gasteiger partial charge is 0.137 e. The number of halogens is 1. The Morgan fingerprint density at radius 3 is 2.77 bits per heavy atom. The third kappa shape index (κ3) is 2.56. The maximum Gasteiger partial charge on any atom is 0.137 e. The third-order valence-corrected chi connectivity index (χ3v) is 5.56. The molecule has 3 nitrogen and oxygen atoms in total. The van der Waals surface area contributed by atoms with Crippen molar-refractivity contribution in [2.45, 2.75) is 6.42 Å². The number of rotatable bonds is 0. The quantitative estimate of drug-likeness (QED) is 0.734. The van der Waals surface area contributed by atoms with Crippen LogP contribution in [0.1, 0.15) is 16.0 Å². The summed E-state index contributed by atoms with van der Waals surface area (Å²) in [4.78, 5) is 11.2. The number of thiophene rings is 1. The van der Waals surface area contributed by atoms with Crippen LogP contribution in [0.5, 0.6) is 0 Å². The molecule has 1 saturated heterocycles. The van der Waals surface area contributed by atoms with Crippen molar-refractivity contribution in [3.8, 4) is 0 Å². The van der Waals surface area contributed by atoms with Crippen LogP contribution in [-0.4, -0.2) is 48.9 Å². The fraction of sp³-hybridized carbons (Fsp3) is 0.353. The topological polar surface area (TPSA) is 18.8 Å². The van der Waals surface area contributed by atoms with E-state index in [4.69, 9.17) is 16.6 Å². The zero-order valence-electron chi connectivity index (χ0n) is 12.6. The first-order valence-electron chi connectivity index (χ1n) is 7.58. The molecule has 0 atom stereocenters. The summed E-state index contributed by atoms with van der Waals surface area (Å²) in [6.07, 6.45) is 0.920. The molecule has 0 radical (unpaired) electrons. The number of piperazine rings is 1. The highest BCUT2D eigenvalue weighted by Gasteiger charge is 2.24. The van der Waals surface area contributed by atoms with Gasteiger partial charge in [-0.3, -0.25) is 0 Å². The minimum atomic E-state index is 0.787. The first-order chi connectivity index (χ1) is 10.7. The van der Waals surface area contributed by atoms with Gasteiger partial charge in [0.25, 0.3) is 0 Å². The fourth-order valence-electron chi connectivity index (χ4n) is 3.09. The lowest BCUT2D eigenvalue weighted by Crippen LogP contribution is -2.47. The molecular formula is C17H18ClN3S. The monoisotopic (exact) mass is 331 g/mol. The zero-order chi connectivity index (χ0) is 15.1.